The first-order valence-electron chi connectivity index (χ1n) is 3.36. The number of rotatable bonds is 2. The molecule has 0 aromatic heterocycles. The fourth-order valence-corrected chi connectivity index (χ4v) is 0.250. The number of hydrogen-bond acceptors (Lipinski definition) is 4. The topological polar surface area (TPSA) is 63.6 Å². The minimum absolute atomic E-state index is 0.167. The van der Waals surface area contributed by atoms with Gasteiger partial charge in [0.25, 0.3) is 0 Å². The number of carbonyl (C=O) groups excluding carboxylic acids is 2. The average molecular weight is 162 g/mol. The lowest BCUT2D eigenvalue weighted by molar-refractivity contribution is -0.234. The van der Waals surface area contributed by atoms with Crippen molar-refractivity contribution < 1.29 is 19.7 Å². The van der Waals surface area contributed by atoms with Crippen molar-refractivity contribution in [2.24, 2.45) is 0 Å². The van der Waals surface area contributed by atoms with Crippen molar-refractivity contribution in [2.75, 3.05) is 0 Å². The fourth-order valence-electron chi connectivity index (χ4n) is 0.250. The van der Waals surface area contributed by atoms with Gasteiger partial charge in [0.15, 0.2) is 0 Å². The maximum atomic E-state index is 9.94. The van der Waals surface area contributed by atoms with E-state index in [4.69, 9.17) is 5.26 Å². The normalized spacial score (nSPS) is 7.64. The number of Topliss-reactive ketones (excluding diaryl/α,β-unsaturated/α-hetero) is 1. The largest absolute Gasteiger partial charge is 0.342 e. The highest BCUT2D eigenvalue weighted by Gasteiger charge is 1.95. The summed E-state index contributed by atoms with van der Waals surface area (Å²) in [6.45, 7) is 4.89. The van der Waals surface area contributed by atoms with Crippen LogP contribution in [-0.2, 0) is 14.5 Å². The minimum Gasteiger partial charge on any atom is -0.301 e. The van der Waals surface area contributed by atoms with Gasteiger partial charge < -0.3 is 9.68 Å². The smallest absolute Gasteiger partial charge is 0.301 e. The van der Waals surface area contributed by atoms with E-state index in [0.29, 0.717) is 6.42 Å². The van der Waals surface area contributed by atoms with E-state index in [1.165, 1.54) is 13.8 Å². The van der Waals surface area contributed by atoms with Gasteiger partial charge >= 0.3 is 5.97 Å². The summed E-state index contributed by atoms with van der Waals surface area (Å²) >= 11 is 0. The third-order valence-corrected chi connectivity index (χ3v) is 0.556. The molecule has 0 aliphatic heterocycles. The molecule has 0 aliphatic rings. The Morgan fingerprint density at radius 1 is 1.36 bits per heavy atom. The molecule has 0 radical (unpaired) electrons. The van der Waals surface area contributed by atoms with E-state index < -0.39 is 5.97 Å². The van der Waals surface area contributed by atoms with Crippen molar-refractivity contribution in [3.8, 4) is 0 Å². The summed E-state index contributed by atoms with van der Waals surface area (Å²) in [5.74, 6) is -0.400. The van der Waals surface area contributed by atoms with E-state index in [9.17, 15) is 9.59 Å². The molecule has 0 amide bonds. The monoisotopic (exact) mass is 162 g/mol. The molecular weight excluding hydrogens is 148 g/mol. The predicted octanol–water partition coefficient (Wildman–Crippen LogP) is 1.40. The number of carbonyl (C=O) groups is 2. The van der Waals surface area contributed by atoms with Crippen molar-refractivity contribution in [3.05, 3.63) is 0 Å². The van der Waals surface area contributed by atoms with Crippen LogP contribution in [0.2, 0.25) is 0 Å². The van der Waals surface area contributed by atoms with Crippen LogP contribution in [0.1, 0.15) is 33.6 Å². The van der Waals surface area contributed by atoms with Crippen LogP contribution < -0.4 is 0 Å². The summed E-state index contributed by atoms with van der Waals surface area (Å²) < 4.78 is 0. The molecule has 0 bridgehead atoms. The van der Waals surface area contributed by atoms with Crippen molar-refractivity contribution in [3.63, 3.8) is 0 Å². The molecule has 0 atom stereocenters. The Bertz CT molecular complexity index is 116. The molecule has 0 heterocycles. The van der Waals surface area contributed by atoms with Crippen LogP contribution >= 0.6 is 0 Å². The molecule has 66 valence electrons. The van der Waals surface area contributed by atoms with E-state index in [2.05, 4.69) is 4.89 Å². The van der Waals surface area contributed by atoms with E-state index in [1.807, 2.05) is 6.92 Å². The summed E-state index contributed by atoms with van der Waals surface area (Å²) in [6.07, 6.45) is 0.996. The summed E-state index contributed by atoms with van der Waals surface area (Å²) in [5.41, 5.74) is 0. The van der Waals surface area contributed by atoms with Crippen molar-refractivity contribution in [1.82, 2.24) is 0 Å². The Labute approximate surface area is 66.1 Å². The SMILES string of the molecule is CC(C)=O.CCCC(=O)OO. The lowest BCUT2D eigenvalue weighted by Crippen LogP contribution is -1.97. The molecule has 0 rings (SSSR count). The fraction of sp³-hybridized carbons (Fsp3) is 0.714. The Hall–Kier alpha value is -0.900. The van der Waals surface area contributed by atoms with E-state index in [0.717, 1.165) is 0 Å². The average Bonchev–Trinajstić information content (AvgIpc) is 1.87. The molecular formula is C7H14O4. The quantitative estimate of drug-likeness (QED) is 0.492. The molecule has 11 heavy (non-hydrogen) atoms. The van der Waals surface area contributed by atoms with Crippen LogP contribution in [0.5, 0.6) is 0 Å². The summed E-state index contributed by atoms with van der Waals surface area (Å²) in [4.78, 5) is 22.7. The molecule has 1 N–H and O–H groups in total. The molecule has 4 nitrogen and oxygen atoms in total. The number of hydrogen-bond donors (Lipinski definition) is 1. The maximum absolute atomic E-state index is 9.94. The van der Waals surface area contributed by atoms with Crippen molar-refractivity contribution in [1.29, 1.82) is 0 Å². The first kappa shape index (κ1) is 12.7. The molecule has 4 heteroatoms. The second-order valence-corrected chi connectivity index (χ2v) is 2.12. The van der Waals surface area contributed by atoms with Gasteiger partial charge in [-0.1, -0.05) is 6.92 Å². The lowest BCUT2D eigenvalue weighted by atomic mass is 10.3. The van der Waals surface area contributed by atoms with Crippen LogP contribution in [0.25, 0.3) is 0 Å². The van der Waals surface area contributed by atoms with Crippen LogP contribution in [0.3, 0.4) is 0 Å². The van der Waals surface area contributed by atoms with E-state index in [1.54, 1.807) is 0 Å². The third kappa shape index (κ3) is 27.3. The van der Waals surface area contributed by atoms with Gasteiger partial charge in [-0.3, -0.25) is 0 Å². The zero-order valence-electron chi connectivity index (χ0n) is 7.09. The Morgan fingerprint density at radius 2 is 1.73 bits per heavy atom. The standard InChI is InChI=1S/C4H8O3.C3H6O/c1-2-3-4(5)7-6;1-3(2)4/h6H,2-3H2,1H3;1-2H3. The Kier molecular flexibility index (Phi) is 10.5. The van der Waals surface area contributed by atoms with Crippen LogP contribution in [-0.4, -0.2) is 17.0 Å². The minimum atomic E-state index is -0.567. The molecule has 0 unspecified atom stereocenters. The van der Waals surface area contributed by atoms with Crippen LogP contribution in [0.4, 0.5) is 0 Å². The maximum Gasteiger partial charge on any atom is 0.342 e. The second-order valence-electron chi connectivity index (χ2n) is 2.12. The zero-order chi connectivity index (χ0) is 9.28. The summed E-state index contributed by atoms with van der Waals surface area (Å²) in [6, 6.07) is 0. The first-order valence-corrected chi connectivity index (χ1v) is 3.36. The van der Waals surface area contributed by atoms with Crippen LogP contribution in [0.15, 0.2) is 0 Å². The second kappa shape index (κ2) is 9.10. The summed E-state index contributed by atoms with van der Waals surface area (Å²) in [5, 5.41) is 7.62. The van der Waals surface area contributed by atoms with Gasteiger partial charge in [-0.25, -0.2) is 4.79 Å². The molecule has 0 aliphatic carbocycles. The first-order chi connectivity index (χ1) is 5.04. The highest BCUT2D eigenvalue weighted by atomic mass is 17.1. The molecule has 0 saturated carbocycles. The van der Waals surface area contributed by atoms with Gasteiger partial charge in [-0.2, -0.15) is 5.26 Å². The van der Waals surface area contributed by atoms with Gasteiger partial charge in [0, 0.05) is 6.42 Å². The van der Waals surface area contributed by atoms with E-state index in [-0.39, 0.29) is 12.2 Å². The van der Waals surface area contributed by atoms with Gasteiger partial charge in [0.05, 0.1) is 0 Å². The van der Waals surface area contributed by atoms with Gasteiger partial charge in [0.1, 0.15) is 5.78 Å². The predicted molar refractivity (Wildman–Crippen MR) is 40.0 cm³/mol. The molecule has 0 aromatic carbocycles. The van der Waals surface area contributed by atoms with Gasteiger partial charge in [-0.05, 0) is 20.3 Å². The third-order valence-electron chi connectivity index (χ3n) is 0.556. The molecule has 0 spiro atoms. The van der Waals surface area contributed by atoms with Gasteiger partial charge in [-0.15, -0.1) is 0 Å². The molecule has 0 saturated heterocycles. The Morgan fingerprint density at radius 3 is 1.82 bits per heavy atom. The van der Waals surface area contributed by atoms with Crippen LogP contribution in [0, 0.1) is 0 Å². The summed E-state index contributed by atoms with van der Waals surface area (Å²) in [7, 11) is 0. The molecule has 0 fully saturated rings. The highest BCUT2D eigenvalue weighted by Crippen LogP contribution is 1.86. The lowest BCUT2D eigenvalue weighted by Gasteiger charge is -1.87. The van der Waals surface area contributed by atoms with Crippen molar-refractivity contribution >= 4 is 11.8 Å². The highest BCUT2D eigenvalue weighted by molar-refractivity contribution is 5.72. The van der Waals surface area contributed by atoms with Gasteiger partial charge in [0.2, 0.25) is 0 Å². The van der Waals surface area contributed by atoms with E-state index >= 15 is 0 Å². The zero-order valence-corrected chi connectivity index (χ0v) is 7.09. The molecule has 0 aromatic rings. The van der Waals surface area contributed by atoms with Crippen molar-refractivity contribution in [2.45, 2.75) is 33.6 Å². The number of ketones is 1. The Balaban J connectivity index is 0.